The summed E-state index contributed by atoms with van der Waals surface area (Å²) in [6.45, 7) is 4.58. The largest absolute Gasteiger partial charge is 0.497 e. The number of esters is 1. The number of aromatic amines is 1. The summed E-state index contributed by atoms with van der Waals surface area (Å²) < 4.78 is 15.4. The first-order chi connectivity index (χ1) is 14.0. The number of aromatic nitrogens is 1. The highest BCUT2D eigenvalue weighted by atomic mass is 16.6. The van der Waals surface area contributed by atoms with Gasteiger partial charge in [0.2, 0.25) is 0 Å². The number of nitrogens with one attached hydrogen (secondary N) is 1. The number of benzene rings is 1. The minimum Gasteiger partial charge on any atom is -0.497 e. The van der Waals surface area contributed by atoms with Crippen molar-refractivity contribution >= 4 is 11.9 Å². The maximum Gasteiger partial charge on any atom is 0.340 e. The van der Waals surface area contributed by atoms with E-state index in [1.165, 1.54) is 0 Å². The van der Waals surface area contributed by atoms with E-state index < -0.39 is 5.97 Å². The van der Waals surface area contributed by atoms with Crippen LogP contribution in [-0.4, -0.2) is 55.2 Å². The summed E-state index contributed by atoms with van der Waals surface area (Å²) in [5.41, 5.74) is 3.15. The summed E-state index contributed by atoms with van der Waals surface area (Å²) in [5.74, 6) is 0.242. The van der Waals surface area contributed by atoms with Crippen LogP contribution in [0.15, 0.2) is 24.3 Å². The third-order valence-electron chi connectivity index (χ3n) is 5.14. The molecule has 156 valence electrons. The summed E-state index contributed by atoms with van der Waals surface area (Å²) in [4.78, 5) is 30.7. The average Bonchev–Trinajstić information content (AvgIpc) is 3.51. The number of H-pyrrole nitrogens is 1. The number of rotatable bonds is 9. The molecule has 0 spiro atoms. The second-order valence-electron chi connectivity index (χ2n) is 7.27. The first-order valence-electron chi connectivity index (χ1n) is 9.75. The summed E-state index contributed by atoms with van der Waals surface area (Å²) in [6.07, 6.45) is 1.99. The number of hydrogen-bond acceptors (Lipinski definition) is 5. The summed E-state index contributed by atoms with van der Waals surface area (Å²) in [7, 11) is 3.18. The Kier molecular flexibility index (Phi) is 6.59. The maximum absolute atomic E-state index is 13.3. The Morgan fingerprint density at radius 1 is 1.10 bits per heavy atom. The molecular formula is C22H28N2O5. The molecule has 0 radical (unpaired) electrons. The molecule has 0 aliphatic heterocycles. The Labute approximate surface area is 170 Å². The fourth-order valence-corrected chi connectivity index (χ4v) is 3.38. The number of carbonyl (C=O) groups is 2. The van der Waals surface area contributed by atoms with Crippen molar-refractivity contribution in [3.63, 3.8) is 0 Å². The van der Waals surface area contributed by atoms with Gasteiger partial charge in [-0.3, -0.25) is 4.79 Å². The second-order valence-corrected chi connectivity index (χ2v) is 7.27. The molecule has 1 N–H and O–H groups in total. The van der Waals surface area contributed by atoms with Crippen LogP contribution in [0.1, 0.15) is 50.5 Å². The third kappa shape index (κ3) is 4.79. The van der Waals surface area contributed by atoms with Gasteiger partial charge in [0, 0.05) is 25.4 Å². The Hall–Kier alpha value is -2.80. The summed E-state index contributed by atoms with van der Waals surface area (Å²) >= 11 is 0. The van der Waals surface area contributed by atoms with Crippen LogP contribution < -0.4 is 4.74 Å². The molecule has 1 aromatic carbocycles. The highest BCUT2D eigenvalue weighted by Crippen LogP contribution is 2.31. The lowest BCUT2D eigenvalue weighted by Gasteiger charge is -2.22. The van der Waals surface area contributed by atoms with E-state index in [-0.39, 0.29) is 18.6 Å². The van der Waals surface area contributed by atoms with Crippen LogP contribution in [0.2, 0.25) is 0 Å². The van der Waals surface area contributed by atoms with E-state index in [4.69, 9.17) is 14.2 Å². The van der Waals surface area contributed by atoms with E-state index in [0.29, 0.717) is 35.7 Å². The van der Waals surface area contributed by atoms with Crippen LogP contribution in [0.3, 0.4) is 0 Å². The first-order valence-corrected chi connectivity index (χ1v) is 9.75. The zero-order valence-electron chi connectivity index (χ0n) is 17.4. The zero-order valence-corrected chi connectivity index (χ0v) is 17.4. The lowest BCUT2D eigenvalue weighted by atomic mass is 10.1. The number of nitrogens with zero attached hydrogens (tertiary/aromatic N) is 1. The van der Waals surface area contributed by atoms with Crippen molar-refractivity contribution in [3.05, 3.63) is 52.3 Å². The van der Waals surface area contributed by atoms with Crippen molar-refractivity contribution in [3.8, 4) is 5.75 Å². The van der Waals surface area contributed by atoms with Crippen LogP contribution in [-0.2, 0) is 16.0 Å². The van der Waals surface area contributed by atoms with Crippen LogP contribution >= 0.6 is 0 Å². The van der Waals surface area contributed by atoms with Gasteiger partial charge in [-0.1, -0.05) is 12.1 Å². The smallest absolute Gasteiger partial charge is 0.340 e. The SMILES string of the molecule is COCCOC(=O)c1c(C)[nH]c(C(=O)N(Cc2ccc(OC)cc2)C2CC2)c1C. The predicted octanol–water partition coefficient (Wildman–Crippen LogP) is 3.25. The van der Waals surface area contributed by atoms with Crippen LogP contribution in [0.5, 0.6) is 5.75 Å². The van der Waals surface area contributed by atoms with Gasteiger partial charge in [-0.15, -0.1) is 0 Å². The number of amides is 1. The minimum atomic E-state index is -0.444. The number of carbonyl (C=O) groups excluding carboxylic acids is 2. The normalized spacial score (nSPS) is 13.2. The average molecular weight is 400 g/mol. The van der Waals surface area contributed by atoms with Gasteiger partial charge in [-0.25, -0.2) is 4.79 Å². The van der Waals surface area contributed by atoms with Gasteiger partial charge in [0.1, 0.15) is 18.1 Å². The van der Waals surface area contributed by atoms with Crippen molar-refractivity contribution in [1.82, 2.24) is 9.88 Å². The topological polar surface area (TPSA) is 80.9 Å². The molecular weight excluding hydrogens is 372 g/mol. The Balaban J connectivity index is 1.79. The molecule has 0 unspecified atom stereocenters. The van der Waals surface area contributed by atoms with Crippen molar-refractivity contribution in [2.75, 3.05) is 27.4 Å². The second kappa shape index (κ2) is 9.13. The third-order valence-corrected chi connectivity index (χ3v) is 5.14. The molecule has 1 aliphatic rings. The summed E-state index contributed by atoms with van der Waals surface area (Å²) in [6, 6.07) is 7.94. The first kappa shape index (κ1) is 20.9. The fourth-order valence-electron chi connectivity index (χ4n) is 3.38. The molecule has 1 saturated carbocycles. The standard InChI is InChI=1S/C22H28N2O5/c1-14-19(22(26)29-12-11-27-3)15(2)23-20(14)21(25)24(17-7-8-17)13-16-5-9-18(28-4)10-6-16/h5-6,9-10,17,23H,7-8,11-13H2,1-4H3. The number of hydrogen-bond donors (Lipinski definition) is 1. The Morgan fingerprint density at radius 2 is 1.79 bits per heavy atom. The van der Waals surface area contributed by atoms with Gasteiger partial charge in [0.05, 0.1) is 19.3 Å². The lowest BCUT2D eigenvalue weighted by molar-refractivity contribution is 0.0387. The number of aryl methyl sites for hydroxylation is 1. The molecule has 0 atom stereocenters. The van der Waals surface area contributed by atoms with Crippen molar-refractivity contribution in [1.29, 1.82) is 0 Å². The van der Waals surface area contributed by atoms with E-state index in [2.05, 4.69) is 4.98 Å². The van der Waals surface area contributed by atoms with Gasteiger partial charge < -0.3 is 24.1 Å². The van der Waals surface area contributed by atoms with E-state index in [1.54, 1.807) is 28.1 Å². The lowest BCUT2D eigenvalue weighted by Crippen LogP contribution is -2.33. The maximum atomic E-state index is 13.3. The zero-order chi connectivity index (χ0) is 21.0. The van der Waals surface area contributed by atoms with Gasteiger partial charge in [0.15, 0.2) is 0 Å². The quantitative estimate of drug-likeness (QED) is 0.516. The van der Waals surface area contributed by atoms with E-state index in [1.807, 2.05) is 29.2 Å². The van der Waals surface area contributed by atoms with Crippen LogP contribution in [0, 0.1) is 13.8 Å². The molecule has 1 heterocycles. The Morgan fingerprint density at radius 3 is 2.38 bits per heavy atom. The van der Waals surface area contributed by atoms with E-state index in [0.717, 1.165) is 24.2 Å². The molecule has 29 heavy (non-hydrogen) atoms. The molecule has 1 amide bonds. The Bertz CT molecular complexity index is 868. The van der Waals surface area contributed by atoms with E-state index in [9.17, 15) is 9.59 Å². The molecule has 1 aliphatic carbocycles. The highest BCUT2D eigenvalue weighted by molar-refractivity contribution is 6.00. The van der Waals surface area contributed by atoms with E-state index >= 15 is 0 Å². The molecule has 7 heteroatoms. The van der Waals surface area contributed by atoms with Crippen molar-refractivity contribution in [2.45, 2.75) is 39.3 Å². The monoisotopic (exact) mass is 400 g/mol. The van der Waals surface area contributed by atoms with Crippen molar-refractivity contribution in [2.24, 2.45) is 0 Å². The number of ether oxygens (including phenoxy) is 3. The fraction of sp³-hybridized carbons (Fsp3) is 0.455. The molecule has 2 aromatic rings. The van der Waals surface area contributed by atoms with Crippen LogP contribution in [0.25, 0.3) is 0 Å². The molecule has 1 aromatic heterocycles. The van der Waals surface area contributed by atoms with Gasteiger partial charge in [0.25, 0.3) is 5.91 Å². The van der Waals surface area contributed by atoms with Crippen LogP contribution in [0.4, 0.5) is 0 Å². The minimum absolute atomic E-state index is 0.0974. The van der Waals surface area contributed by atoms with Crippen molar-refractivity contribution < 1.29 is 23.8 Å². The van der Waals surface area contributed by atoms with Gasteiger partial charge >= 0.3 is 5.97 Å². The molecule has 0 bridgehead atoms. The van der Waals surface area contributed by atoms with Gasteiger partial charge in [-0.05, 0) is 49.9 Å². The highest BCUT2D eigenvalue weighted by Gasteiger charge is 2.35. The molecule has 3 rings (SSSR count). The molecule has 0 saturated heterocycles. The molecule has 7 nitrogen and oxygen atoms in total. The van der Waals surface area contributed by atoms with Gasteiger partial charge in [-0.2, -0.15) is 0 Å². The number of methoxy groups -OCH3 is 2. The predicted molar refractivity (Wildman–Crippen MR) is 108 cm³/mol. The summed E-state index contributed by atoms with van der Waals surface area (Å²) in [5, 5.41) is 0. The molecule has 1 fully saturated rings.